The van der Waals surface area contributed by atoms with Gasteiger partial charge in [0.2, 0.25) is 5.88 Å². The van der Waals surface area contributed by atoms with Crippen LogP contribution in [0.1, 0.15) is 51.6 Å². The van der Waals surface area contributed by atoms with E-state index in [4.69, 9.17) is 16.3 Å². The smallest absolute Gasteiger partial charge is 0.417 e. The number of carbonyl (C=O) groups is 2. The molecule has 13 heteroatoms. The number of pyridine rings is 1. The standard InChI is InChI=1S/C22H22F5N5O3/c1-8(5-21-6-13(21)31-21)35-19-11(7-33)14(20(34)32(3)29)17(24)18(30-19)10-4-12(28)16(23)9(2)15(10)22(25,26)27/h4,7-8,13,31H,5-6,28-29H2,1-3H3. The number of anilines is 1. The highest BCUT2D eigenvalue weighted by Gasteiger charge is 2.69. The molecule has 0 bridgehead atoms. The molecule has 35 heavy (non-hydrogen) atoms. The Kier molecular flexibility index (Phi) is 5.75. The van der Waals surface area contributed by atoms with Crippen molar-refractivity contribution in [1.82, 2.24) is 15.3 Å². The number of carbonyl (C=O) groups excluding carboxylic acids is 2. The predicted octanol–water partition coefficient (Wildman–Crippen LogP) is 2.97. The minimum absolute atomic E-state index is 0.0915. The van der Waals surface area contributed by atoms with E-state index in [0.29, 0.717) is 23.5 Å². The molecule has 8 nitrogen and oxygen atoms in total. The second-order valence-corrected chi connectivity index (χ2v) is 8.92. The second-order valence-electron chi connectivity index (χ2n) is 8.92. The van der Waals surface area contributed by atoms with E-state index in [1.165, 1.54) is 0 Å². The number of nitrogens with zero attached hydrogens (tertiary/aromatic N) is 2. The van der Waals surface area contributed by atoms with Crippen LogP contribution >= 0.6 is 0 Å². The van der Waals surface area contributed by atoms with Crippen LogP contribution in [0.15, 0.2) is 6.07 Å². The number of hydrazine groups is 1. The number of nitrogen functional groups attached to an aromatic ring is 1. The van der Waals surface area contributed by atoms with Gasteiger partial charge in [0, 0.05) is 30.6 Å². The number of rotatable bonds is 7. The third kappa shape index (κ3) is 4.18. The van der Waals surface area contributed by atoms with Crippen molar-refractivity contribution in [3.8, 4) is 17.1 Å². The average Bonchev–Trinajstić information content (AvgIpc) is 3.61. The first-order chi connectivity index (χ1) is 16.2. The Morgan fingerprint density at radius 1 is 1.40 bits per heavy atom. The van der Waals surface area contributed by atoms with E-state index >= 15 is 4.39 Å². The lowest BCUT2D eigenvalue weighted by Crippen LogP contribution is -2.35. The Morgan fingerprint density at radius 3 is 2.49 bits per heavy atom. The van der Waals surface area contributed by atoms with Gasteiger partial charge >= 0.3 is 6.18 Å². The molecule has 3 unspecified atom stereocenters. The quantitative estimate of drug-likeness (QED) is 0.101. The fraction of sp³-hybridized carbons (Fsp3) is 0.409. The number of ether oxygens (including phenoxy) is 1. The average molecular weight is 499 g/mol. The van der Waals surface area contributed by atoms with Gasteiger partial charge in [-0.25, -0.2) is 19.6 Å². The van der Waals surface area contributed by atoms with Crippen molar-refractivity contribution in [1.29, 1.82) is 0 Å². The summed E-state index contributed by atoms with van der Waals surface area (Å²) in [4.78, 5) is 28.4. The summed E-state index contributed by atoms with van der Waals surface area (Å²) in [5, 5.41) is 3.66. The number of halogens is 5. The van der Waals surface area contributed by atoms with E-state index in [0.717, 1.165) is 20.4 Å². The number of nitrogens with two attached hydrogens (primary N) is 2. The molecule has 1 saturated heterocycles. The lowest BCUT2D eigenvalue weighted by molar-refractivity contribution is -0.137. The zero-order valence-corrected chi connectivity index (χ0v) is 18.9. The summed E-state index contributed by atoms with van der Waals surface area (Å²) in [5.74, 6) is 0.787. The lowest BCUT2D eigenvalue weighted by Gasteiger charge is -2.22. The van der Waals surface area contributed by atoms with Crippen molar-refractivity contribution in [2.24, 2.45) is 5.84 Å². The number of amides is 1. The molecular weight excluding hydrogens is 477 g/mol. The molecule has 2 fully saturated rings. The van der Waals surface area contributed by atoms with Gasteiger partial charge in [0.1, 0.15) is 11.5 Å². The van der Waals surface area contributed by atoms with E-state index in [-0.39, 0.29) is 11.8 Å². The van der Waals surface area contributed by atoms with E-state index in [2.05, 4.69) is 10.3 Å². The summed E-state index contributed by atoms with van der Waals surface area (Å²) in [6.45, 7) is 2.48. The molecule has 1 aliphatic heterocycles. The summed E-state index contributed by atoms with van der Waals surface area (Å²) in [6.07, 6.45) is -4.21. The van der Waals surface area contributed by atoms with Crippen LogP contribution in [0.2, 0.25) is 0 Å². The van der Waals surface area contributed by atoms with Gasteiger partial charge in [-0.15, -0.1) is 0 Å². The van der Waals surface area contributed by atoms with Gasteiger partial charge in [0.25, 0.3) is 5.91 Å². The maximum atomic E-state index is 15.7. The van der Waals surface area contributed by atoms with Crippen LogP contribution in [0.25, 0.3) is 11.3 Å². The zero-order valence-electron chi connectivity index (χ0n) is 18.9. The normalized spacial score (nSPS) is 21.2. The summed E-state index contributed by atoms with van der Waals surface area (Å²) in [5.41, 5.74) is -1.11. The number of aromatic nitrogens is 1. The number of nitrogens with one attached hydrogen (secondary N) is 1. The molecule has 2 heterocycles. The second kappa shape index (κ2) is 8.12. The van der Waals surface area contributed by atoms with Crippen LogP contribution in [0.5, 0.6) is 5.88 Å². The number of fused-ring (bicyclic) bond motifs is 1. The third-order valence-electron chi connectivity index (χ3n) is 6.28. The summed E-state index contributed by atoms with van der Waals surface area (Å²) in [6, 6.07) is 0.936. The van der Waals surface area contributed by atoms with Crippen molar-refractivity contribution < 1.29 is 36.3 Å². The SMILES string of the molecule is Cc1c(F)c(N)cc(-c2nc(OC(C)CC34CC3N4)c(C=O)c(C(=O)N(C)N)c2F)c1C(F)(F)F. The maximum absolute atomic E-state index is 15.7. The predicted molar refractivity (Wildman–Crippen MR) is 114 cm³/mol. The summed E-state index contributed by atoms with van der Waals surface area (Å²) >= 11 is 0. The van der Waals surface area contributed by atoms with Crippen LogP contribution in [0, 0.1) is 18.6 Å². The monoisotopic (exact) mass is 499 g/mol. The molecule has 1 aromatic carbocycles. The van der Waals surface area contributed by atoms with Gasteiger partial charge in [-0.3, -0.25) is 14.6 Å². The Labute approximate surface area is 196 Å². The number of aldehydes is 1. The first-order valence-corrected chi connectivity index (χ1v) is 10.5. The highest BCUT2D eigenvalue weighted by Crippen LogP contribution is 2.54. The Morgan fingerprint density at radius 2 is 2.00 bits per heavy atom. The topological polar surface area (TPSA) is 133 Å². The number of alkyl halides is 3. The molecule has 1 amide bonds. The molecule has 1 saturated carbocycles. The van der Waals surface area contributed by atoms with Gasteiger partial charge in [0.05, 0.1) is 28.5 Å². The van der Waals surface area contributed by atoms with Gasteiger partial charge < -0.3 is 15.8 Å². The molecule has 2 aromatic rings. The van der Waals surface area contributed by atoms with Gasteiger partial charge in [-0.05, 0) is 31.9 Å². The maximum Gasteiger partial charge on any atom is 0.417 e. The largest absolute Gasteiger partial charge is 0.474 e. The van der Waals surface area contributed by atoms with Crippen molar-refractivity contribution in [3.05, 3.63) is 40.0 Å². The summed E-state index contributed by atoms with van der Waals surface area (Å²) < 4.78 is 77.5. The fourth-order valence-corrected chi connectivity index (χ4v) is 4.31. The van der Waals surface area contributed by atoms with Crippen LogP contribution < -0.4 is 21.6 Å². The molecule has 188 valence electrons. The first-order valence-electron chi connectivity index (χ1n) is 10.5. The minimum Gasteiger partial charge on any atom is -0.474 e. The number of benzene rings is 1. The molecular formula is C22H22F5N5O3. The minimum atomic E-state index is -5.13. The first kappa shape index (κ1) is 24.8. The lowest BCUT2D eigenvalue weighted by atomic mass is 9.94. The number of hydrogen-bond acceptors (Lipinski definition) is 7. The van der Waals surface area contributed by atoms with Crippen molar-refractivity contribution in [2.45, 2.75) is 50.6 Å². The Balaban J connectivity index is 1.96. The highest BCUT2D eigenvalue weighted by atomic mass is 19.4. The van der Waals surface area contributed by atoms with Crippen LogP contribution in [-0.4, -0.2) is 46.9 Å². The van der Waals surface area contributed by atoms with E-state index in [9.17, 15) is 27.2 Å². The molecule has 1 aliphatic carbocycles. The fourth-order valence-electron chi connectivity index (χ4n) is 4.31. The Bertz CT molecular complexity index is 1240. The molecule has 0 radical (unpaired) electrons. The summed E-state index contributed by atoms with van der Waals surface area (Å²) in [7, 11) is 1.06. The van der Waals surface area contributed by atoms with E-state index < -0.39 is 74.9 Å². The molecule has 2 aliphatic rings. The van der Waals surface area contributed by atoms with Gasteiger partial charge in [-0.2, -0.15) is 13.2 Å². The van der Waals surface area contributed by atoms with E-state index in [1.54, 1.807) is 6.92 Å². The van der Waals surface area contributed by atoms with Crippen molar-refractivity contribution in [2.75, 3.05) is 12.8 Å². The molecule has 3 atom stereocenters. The van der Waals surface area contributed by atoms with Crippen molar-refractivity contribution in [3.63, 3.8) is 0 Å². The van der Waals surface area contributed by atoms with Gasteiger partial charge in [0.15, 0.2) is 12.1 Å². The molecule has 1 aromatic heterocycles. The van der Waals surface area contributed by atoms with Crippen molar-refractivity contribution >= 4 is 17.9 Å². The highest BCUT2D eigenvalue weighted by molar-refractivity contribution is 6.03. The van der Waals surface area contributed by atoms with E-state index in [1.807, 2.05) is 0 Å². The zero-order chi connectivity index (χ0) is 26.0. The van der Waals surface area contributed by atoms with Crippen LogP contribution in [-0.2, 0) is 6.18 Å². The molecule has 4 rings (SSSR count). The third-order valence-corrected chi connectivity index (χ3v) is 6.28. The Hall–Kier alpha value is -3.32. The number of hydrogen-bond donors (Lipinski definition) is 3. The van der Waals surface area contributed by atoms with Crippen LogP contribution in [0.3, 0.4) is 0 Å². The van der Waals surface area contributed by atoms with Gasteiger partial charge in [-0.1, -0.05) is 0 Å². The van der Waals surface area contributed by atoms with Crippen LogP contribution in [0.4, 0.5) is 27.6 Å². The molecule has 0 spiro atoms. The molecule has 5 N–H and O–H groups in total.